The van der Waals surface area contributed by atoms with E-state index in [1.54, 1.807) is 0 Å². The summed E-state index contributed by atoms with van der Waals surface area (Å²) in [4.78, 5) is 8.89. The monoisotopic (exact) mass is 535 g/mol. The number of rotatable bonds is 0. The number of carboxylic acids is 1. The molecule has 32 valence electrons. The smallest absolute Gasteiger partial charge is 0.161 e. The van der Waals surface area contributed by atoms with Crippen LogP contribution in [0, 0.1) is 69.2 Å². The number of hydrogen-bond acceptors (Lipinski definition) is 1. The van der Waals surface area contributed by atoms with E-state index in [1.165, 1.54) is 0 Å². The maximum absolute atomic E-state index is 8.89. The molecular formula is C2H3O2U2-. The van der Waals surface area contributed by atoms with Crippen molar-refractivity contribution in [2.24, 2.45) is 0 Å². The predicted molar refractivity (Wildman–Crippen MR) is 13.0 cm³/mol. The van der Waals surface area contributed by atoms with Gasteiger partial charge in [-0.3, -0.25) is 11.7 Å². The van der Waals surface area contributed by atoms with Gasteiger partial charge in [0.05, 0.1) is 0 Å². The van der Waals surface area contributed by atoms with Gasteiger partial charge in [-0.15, -0.1) is 0 Å². The Balaban J connectivity index is -0.0000000450. The Kier molecular flexibility index (Phi) is 25.2. The summed E-state index contributed by atoms with van der Waals surface area (Å²) >= 11 is 0. The van der Waals surface area contributed by atoms with E-state index in [-0.39, 0.29) is 62.2 Å². The minimum atomic E-state index is -1.08. The second kappa shape index (κ2) is 9.67. The Bertz CT molecular complexity index is 32.5. The van der Waals surface area contributed by atoms with Crippen LogP contribution in [0.4, 0.5) is 0 Å². The molecule has 0 bridgehead atoms. The molecule has 0 unspecified atom stereocenters. The molecule has 0 aromatic carbocycles. The van der Waals surface area contributed by atoms with Crippen molar-refractivity contribution >= 4 is 5.97 Å². The summed E-state index contributed by atoms with van der Waals surface area (Å²) in [6, 6.07) is 0. The van der Waals surface area contributed by atoms with Gasteiger partial charge in [-0.25, -0.2) is 0 Å². The molecule has 2 nitrogen and oxygen atoms in total. The van der Waals surface area contributed by atoms with Gasteiger partial charge in [-0.2, -0.15) is 0 Å². The molecule has 0 atom stereocenters. The number of hydrogen-bond donors (Lipinski definition) is 1. The maximum atomic E-state index is 8.89. The van der Waals surface area contributed by atoms with Gasteiger partial charge in [-0.1, -0.05) is 0 Å². The topological polar surface area (TPSA) is 37.3 Å². The Morgan fingerprint density at radius 2 is 1.50 bits per heavy atom. The Labute approximate surface area is 83.8 Å². The van der Waals surface area contributed by atoms with E-state index in [4.69, 9.17) is 9.90 Å². The largest absolute Gasteiger partial charge is 0.503 e. The molecule has 0 aliphatic carbocycles. The van der Waals surface area contributed by atoms with Gasteiger partial charge in [-0.05, 0) is 0 Å². The summed E-state index contributed by atoms with van der Waals surface area (Å²) < 4.78 is 0. The van der Waals surface area contributed by atoms with Crippen LogP contribution >= 0.6 is 0 Å². The fraction of sp³-hybridized carbons (Fsp3) is 0. The molecule has 4 heteroatoms. The van der Waals surface area contributed by atoms with Crippen LogP contribution in [0.25, 0.3) is 0 Å². The van der Waals surface area contributed by atoms with Crippen LogP contribution in [0.5, 0.6) is 0 Å². The number of aliphatic carboxylic acids is 1. The zero-order chi connectivity index (χ0) is 3.58. The van der Waals surface area contributed by atoms with Crippen LogP contribution in [0.3, 0.4) is 0 Å². The van der Waals surface area contributed by atoms with E-state index in [2.05, 4.69) is 6.92 Å². The van der Waals surface area contributed by atoms with Gasteiger partial charge < -0.3 is 5.11 Å². The summed E-state index contributed by atoms with van der Waals surface area (Å²) in [6.07, 6.45) is 0. The van der Waals surface area contributed by atoms with E-state index < -0.39 is 5.97 Å². The van der Waals surface area contributed by atoms with Crippen molar-refractivity contribution in [1.82, 2.24) is 0 Å². The molecule has 0 aromatic heterocycles. The molecule has 0 fully saturated rings. The van der Waals surface area contributed by atoms with Gasteiger partial charge in [0.1, 0.15) is 0 Å². The maximum Gasteiger partial charge on any atom is 0.161 e. The van der Waals surface area contributed by atoms with Crippen LogP contribution in [0.1, 0.15) is 0 Å². The summed E-state index contributed by atoms with van der Waals surface area (Å²) in [5.41, 5.74) is 0. The third kappa shape index (κ3) is 51.6. The van der Waals surface area contributed by atoms with Gasteiger partial charge >= 0.3 is 0 Å². The molecule has 0 aliphatic rings. The molecule has 0 saturated heterocycles. The van der Waals surface area contributed by atoms with Crippen molar-refractivity contribution in [2.75, 3.05) is 0 Å². The summed E-state index contributed by atoms with van der Waals surface area (Å²) in [5, 5.41) is 7.31. The van der Waals surface area contributed by atoms with E-state index in [9.17, 15) is 0 Å². The van der Waals surface area contributed by atoms with Crippen molar-refractivity contribution < 1.29 is 72.1 Å². The normalized spacial score (nSPS) is 4.00. The second-order valence-electron chi connectivity index (χ2n) is 0.394. The fourth-order valence-corrected chi connectivity index (χ4v) is 0. The van der Waals surface area contributed by atoms with Gasteiger partial charge in [0.15, 0.2) is 5.97 Å². The van der Waals surface area contributed by atoms with Gasteiger partial charge in [0, 0.05) is 62.2 Å². The Morgan fingerprint density at radius 1 is 1.50 bits per heavy atom. The number of carboxylic acid groups (broad SMARTS) is 1. The average Bonchev–Trinajstić information content (AvgIpc) is 0.811. The molecule has 0 amide bonds. The van der Waals surface area contributed by atoms with Crippen LogP contribution in [-0.4, -0.2) is 11.1 Å². The van der Waals surface area contributed by atoms with Crippen LogP contribution in [0.2, 0.25) is 0 Å². The standard InChI is InChI=1S/C2H3O2.2U/c1-2(3)4;;/h1H2,(H,3,4);;/q-1;;. The average molecular weight is 535 g/mol. The van der Waals surface area contributed by atoms with E-state index in [0.717, 1.165) is 0 Å². The predicted octanol–water partition coefficient (Wildman–Crippen LogP) is -0.0949. The first-order valence-corrected chi connectivity index (χ1v) is 0.781. The van der Waals surface area contributed by atoms with Crippen LogP contribution in [0.15, 0.2) is 0 Å². The third-order valence-electron chi connectivity index (χ3n) is 0. The van der Waals surface area contributed by atoms with E-state index in [0.29, 0.717) is 0 Å². The molecule has 0 spiro atoms. The molecule has 0 aliphatic heterocycles. The summed E-state index contributed by atoms with van der Waals surface area (Å²) in [7, 11) is 0. The minimum absolute atomic E-state index is 0. The quantitative estimate of drug-likeness (QED) is 0.441. The molecule has 1 N–H and O–H groups in total. The number of carbonyl (C=O) groups is 1. The minimum Gasteiger partial charge on any atom is -0.503 e. The van der Waals surface area contributed by atoms with Gasteiger partial charge in [0.2, 0.25) is 0 Å². The molecule has 6 heavy (non-hydrogen) atoms. The molecular weight excluding hydrogens is 532 g/mol. The van der Waals surface area contributed by atoms with E-state index in [1.807, 2.05) is 0 Å². The van der Waals surface area contributed by atoms with Crippen molar-refractivity contribution in [1.29, 1.82) is 0 Å². The summed E-state index contributed by atoms with van der Waals surface area (Å²) in [5.74, 6) is -1.08. The first-order chi connectivity index (χ1) is 1.73. The summed E-state index contributed by atoms with van der Waals surface area (Å²) in [6.45, 7) is 2.56. The van der Waals surface area contributed by atoms with Crippen LogP contribution in [-0.2, 0) is 4.79 Å². The second-order valence-corrected chi connectivity index (χ2v) is 0.394. The zero-order valence-corrected chi connectivity index (χ0v) is 11.4. The van der Waals surface area contributed by atoms with Gasteiger partial charge in [0.25, 0.3) is 0 Å². The first-order valence-electron chi connectivity index (χ1n) is 0.781. The Hall–Kier alpha value is 1.44. The van der Waals surface area contributed by atoms with E-state index >= 15 is 0 Å². The van der Waals surface area contributed by atoms with Crippen molar-refractivity contribution in [2.45, 2.75) is 0 Å². The first kappa shape index (κ1) is 15.7. The third-order valence-corrected chi connectivity index (χ3v) is 0. The van der Waals surface area contributed by atoms with Crippen molar-refractivity contribution in [3.05, 3.63) is 6.92 Å². The molecule has 0 saturated carbocycles. The SMILES string of the molecule is [CH2-]C(=O)O.[U].[U]. The zero-order valence-electron chi connectivity index (χ0n) is 3.06. The molecule has 0 radical (unpaired) electrons. The molecule has 0 heterocycles. The fourth-order valence-electron chi connectivity index (χ4n) is 0. The molecule has 0 aromatic rings. The molecule has 0 rings (SSSR count). The van der Waals surface area contributed by atoms with Crippen molar-refractivity contribution in [3.8, 4) is 0 Å². The van der Waals surface area contributed by atoms with Crippen molar-refractivity contribution in [3.63, 3.8) is 0 Å². The van der Waals surface area contributed by atoms with Crippen LogP contribution < -0.4 is 0 Å². The Morgan fingerprint density at radius 3 is 1.50 bits per heavy atom.